The van der Waals surface area contributed by atoms with Gasteiger partial charge in [0.15, 0.2) is 0 Å². The van der Waals surface area contributed by atoms with Crippen LogP contribution in [0.25, 0.3) is 0 Å². The van der Waals surface area contributed by atoms with E-state index >= 15 is 0 Å². The molecular formula is C12H26N4S. The number of thioether (sulfide) groups is 1. The van der Waals surface area contributed by atoms with E-state index in [1.165, 1.54) is 32.1 Å². The van der Waals surface area contributed by atoms with Crippen LogP contribution < -0.4 is 16.6 Å². The summed E-state index contributed by atoms with van der Waals surface area (Å²) in [5.74, 6) is 6.25. The molecule has 0 spiro atoms. The first-order valence-corrected chi connectivity index (χ1v) is 7.62. The zero-order chi connectivity index (χ0) is 12.7. The largest absolute Gasteiger partial charge is 0.353 e. The molecule has 0 saturated heterocycles. The van der Waals surface area contributed by atoms with Crippen LogP contribution in [-0.4, -0.2) is 29.5 Å². The van der Waals surface area contributed by atoms with Gasteiger partial charge in [-0.3, -0.25) is 10.4 Å². The average Bonchev–Trinajstić information content (AvgIpc) is 2.35. The van der Waals surface area contributed by atoms with Crippen molar-refractivity contribution in [3.63, 3.8) is 0 Å². The Hall–Kier alpha value is -0.420. The van der Waals surface area contributed by atoms with Gasteiger partial charge in [0.25, 0.3) is 0 Å². The molecule has 4 N–H and O–H groups in total. The SMILES string of the molecule is CSC(C)(C)CN=C(NN)NC1CCCCC1. The molecule has 4 nitrogen and oxygen atoms in total. The lowest BCUT2D eigenvalue weighted by Crippen LogP contribution is -2.47. The van der Waals surface area contributed by atoms with Crippen LogP contribution in [0.15, 0.2) is 4.99 Å². The maximum atomic E-state index is 5.51. The van der Waals surface area contributed by atoms with Gasteiger partial charge in [0.1, 0.15) is 0 Å². The van der Waals surface area contributed by atoms with Gasteiger partial charge in [-0.1, -0.05) is 19.3 Å². The van der Waals surface area contributed by atoms with Crippen molar-refractivity contribution in [3.05, 3.63) is 0 Å². The van der Waals surface area contributed by atoms with E-state index < -0.39 is 0 Å². The Bertz CT molecular complexity index is 247. The van der Waals surface area contributed by atoms with Crippen molar-refractivity contribution in [3.8, 4) is 0 Å². The monoisotopic (exact) mass is 258 g/mol. The van der Waals surface area contributed by atoms with Crippen LogP contribution in [0.1, 0.15) is 46.0 Å². The van der Waals surface area contributed by atoms with Crippen molar-refractivity contribution < 1.29 is 0 Å². The van der Waals surface area contributed by atoms with Crippen LogP contribution in [0.4, 0.5) is 0 Å². The molecule has 17 heavy (non-hydrogen) atoms. The maximum absolute atomic E-state index is 5.51. The molecular weight excluding hydrogens is 232 g/mol. The highest BCUT2D eigenvalue weighted by Gasteiger charge is 2.17. The molecule has 0 aromatic heterocycles. The summed E-state index contributed by atoms with van der Waals surface area (Å²) in [7, 11) is 0. The van der Waals surface area contributed by atoms with E-state index in [9.17, 15) is 0 Å². The molecule has 1 aliphatic carbocycles. The number of rotatable bonds is 4. The van der Waals surface area contributed by atoms with E-state index in [-0.39, 0.29) is 4.75 Å². The van der Waals surface area contributed by atoms with Crippen LogP contribution in [0.2, 0.25) is 0 Å². The van der Waals surface area contributed by atoms with E-state index in [0.717, 1.165) is 12.5 Å². The number of hydrogen-bond donors (Lipinski definition) is 3. The first-order valence-electron chi connectivity index (χ1n) is 6.40. The molecule has 0 amide bonds. The van der Waals surface area contributed by atoms with Gasteiger partial charge in [-0.15, -0.1) is 0 Å². The Morgan fingerprint density at radius 3 is 2.53 bits per heavy atom. The smallest absolute Gasteiger partial charge is 0.205 e. The average molecular weight is 258 g/mol. The van der Waals surface area contributed by atoms with Crippen LogP contribution in [0, 0.1) is 0 Å². The summed E-state index contributed by atoms with van der Waals surface area (Å²) in [4.78, 5) is 4.53. The van der Waals surface area contributed by atoms with Crippen LogP contribution in [0.5, 0.6) is 0 Å². The van der Waals surface area contributed by atoms with Crippen molar-refractivity contribution in [1.29, 1.82) is 0 Å². The molecule has 1 saturated carbocycles. The fourth-order valence-corrected chi connectivity index (χ4v) is 2.10. The van der Waals surface area contributed by atoms with Crippen molar-refractivity contribution in [2.24, 2.45) is 10.8 Å². The minimum absolute atomic E-state index is 0.163. The molecule has 5 heteroatoms. The molecule has 0 bridgehead atoms. The van der Waals surface area contributed by atoms with E-state index in [4.69, 9.17) is 5.84 Å². The summed E-state index contributed by atoms with van der Waals surface area (Å²) >= 11 is 1.82. The summed E-state index contributed by atoms with van der Waals surface area (Å²) < 4.78 is 0.163. The Balaban J connectivity index is 2.43. The lowest BCUT2D eigenvalue weighted by Gasteiger charge is -2.25. The fraction of sp³-hybridized carbons (Fsp3) is 0.917. The third-order valence-corrected chi connectivity index (χ3v) is 4.49. The molecule has 0 aromatic carbocycles. The molecule has 1 aliphatic rings. The normalized spacial score (nSPS) is 19.2. The molecule has 0 atom stereocenters. The topological polar surface area (TPSA) is 62.4 Å². The van der Waals surface area contributed by atoms with Gasteiger partial charge in [0.2, 0.25) is 5.96 Å². The summed E-state index contributed by atoms with van der Waals surface area (Å²) in [6.07, 6.45) is 8.55. The van der Waals surface area contributed by atoms with E-state index in [1.54, 1.807) is 0 Å². The summed E-state index contributed by atoms with van der Waals surface area (Å²) in [6.45, 7) is 5.15. The Morgan fingerprint density at radius 2 is 2.00 bits per heavy atom. The van der Waals surface area contributed by atoms with Crippen LogP contribution >= 0.6 is 11.8 Å². The van der Waals surface area contributed by atoms with Crippen molar-refractivity contribution >= 4 is 17.7 Å². The minimum Gasteiger partial charge on any atom is -0.353 e. The van der Waals surface area contributed by atoms with Crippen molar-refractivity contribution in [2.45, 2.75) is 56.7 Å². The van der Waals surface area contributed by atoms with Gasteiger partial charge in [-0.25, -0.2) is 5.84 Å². The second kappa shape index (κ2) is 7.11. The zero-order valence-electron chi connectivity index (χ0n) is 11.3. The number of hydrazine groups is 1. The van der Waals surface area contributed by atoms with E-state index in [0.29, 0.717) is 6.04 Å². The number of nitrogens with one attached hydrogen (secondary N) is 2. The van der Waals surface area contributed by atoms with Crippen LogP contribution in [0.3, 0.4) is 0 Å². The molecule has 0 aliphatic heterocycles. The molecule has 100 valence electrons. The number of hydrogen-bond acceptors (Lipinski definition) is 3. The van der Waals surface area contributed by atoms with E-state index in [2.05, 4.69) is 35.8 Å². The quantitative estimate of drug-likeness (QED) is 0.312. The van der Waals surface area contributed by atoms with Gasteiger partial charge >= 0.3 is 0 Å². The second-order valence-corrected chi connectivity index (χ2v) is 6.77. The highest BCUT2D eigenvalue weighted by Crippen LogP contribution is 2.21. The maximum Gasteiger partial charge on any atom is 0.205 e. The number of nitrogens with two attached hydrogens (primary N) is 1. The summed E-state index contributed by atoms with van der Waals surface area (Å²) in [6, 6.07) is 0.538. The lowest BCUT2D eigenvalue weighted by molar-refractivity contribution is 0.410. The standard InChI is InChI=1S/C12H26N4S/c1-12(2,17-3)9-14-11(16-13)15-10-7-5-4-6-8-10/h10H,4-9,13H2,1-3H3,(H2,14,15,16). The Kier molecular flexibility index (Phi) is 6.12. The molecule has 0 unspecified atom stereocenters. The summed E-state index contributed by atoms with van der Waals surface area (Å²) in [5, 5.41) is 3.41. The second-order valence-electron chi connectivity index (χ2n) is 5.25. The number of nitrogens with zero attached hydrogens (tertiary/aromatic N) is 1. The fourth-order valence-electron chi connectivity index (χ4n) is 1.91. The van der Waals surface area contributed by atoms with Crippen molar-refractivity contribution in [1.82, 2.24) is 10.7 Å². The minimum atomic E-state index is 0.163. The third kappa shape index (κ3) is 5.64. The lowest BCUT2D eigenvalue weighted by atomic mass is 9.96. The van der Waals surface area contributed by atoms with Gasteiger partial charge in [-0.05, 0) is 32.9 Å². The Morgan fingerprint density at radius 1 is 1.35 bits per heavy atom. The first kappa shape index (κ1) is 14.6. The van der Waals surface area contributed by atoms with Gasteiger partial charge in [-0.2, -0.15) is 11.8 Å². The van der Waals surface area contributed by atoms with Gasteiger partial charge in [0.05, 0.1) is 6.54 Å². The molecule has 1 fully saturated rings. The first-order chi connectivity index (χ1) is 8.07. The van der Waals surface area contributed by atoms with Crippen LogP contribution in [-0.2, 0) is 0 Å². The molecule has 1 rings (SSSR count). The zero-order valence-corrected chi connectivity index (χ0v) is 12.1. The summed E-state index contributed by atoms with van der Waals surface area (Å²) in [5.41, 5.74) is 2.68. The van der Waals surface area contributed by atoms with E-state index in [1.807, 2.05) is 11.8 Å². The van der Waals surface area contributed by atoms with Crippen molar-refractivity contribution in [2.75, 3.05) is 12.8 Å². The highest BCUT2D eigenvalue weighted by atomic mass is 32.2. The molecule has 0 heterocycles. The Labute approximate surface area is 109 Å². The highest BCUT2D eigenvalue weighted by molar-refractivity contribution is 7.99. The predicted octanol–water partition coefficient (Wildman–Crippen LogP) is 1.87. The molecule has 0 radical (unpaired) electrons. The molecule has 0 aromatic rings. The van der Waals surface area contributed by atoms with Gasteiger partial charge in [0, 0.05) is 10.8 Å². The van der Waals surface area contributed by atoms with Gasteiger partial charge < -0.3 is 5.32 Å². The third-order valence-electron chi connectivity index (χ3n) is 3.25. The predicted molar refractivity (Wildman–Crippen MR) is 77.2 cm³/mol. The number of aliphatic imine (C=N–C) groups is 1. The number of guanidine groups is 1.